The van der Waals surface area contributed by atoms with Crippen LogP contribution >= 0.6 is 0 Å². The maximum atomic E-state index is 4.33. The van der Waals surface area contributed by atoms with Gasteiger partial charge >= 0.3 is 0 Å². The van der Waals surface area contributed by atoms with Crippen molar-refractivity contribution < 1.29 is 0 Å². The standard InChI is InChI=1S/2C8H14N2/c1-6(2)8-5-9-10(4)7(8)3;1-6(2)8-7(3)5-10(4)9-8/h2*5-6H,1-4H3. The largest absolute Gasteiger partial charge is 0.275 e. The molecule has 0 atom stereocenters. The monoisotopic (exact) mass is 276 g/mol. The first-order valence-electron chi connectivity index (χ1n) is 7.22. The molecule has 0 aliphatic rings. The highest BCUT2D eigenvalue weighted by molar-refractivity contribution is 5.19. The summed E-state index contributed by atoms with van der Waals surface area (Å²) in [6, 6.07) is 0. The van der Waals surface area contributed by atoms with Crippen LogP contribution in [0.15, 0.2) is 12.4 Å². The third-order valence-electron chi connectivity index (χ3n) is 3.49. The molecule has 0 aromatic carbocycles. The number of nitrogens with zero attached hydrogens (tertiary/aromatic N) is 4. The van der Waals surface area contributed by atoms with Gasteiger partial charge in [0.15, 0.2) is 0 Å². The van der Waals surface area contributed by atoms with Crippen molar-refractivity contribution in [1.29, 1.82) is 0 Å². The molecule has 0 radical (unpaired) electrons. The summed E-state index contributed by atoms with van der Waals surface area (Å²) < 4.78 is 3.78. The molecule has 2 rings (SSSR count). The molecule has 4 heteroatoms. The van der Waals surface area contributed by atoms with Crippen LogP contribution in [-0.4, -0.2) is 19.6 Å². The highest BCUT2D eigenvalue weighted by Gasteiger charge is 2.06. The van der Waals surface area contributed by atoms with E-state index in [1.165, 1.54) is 22.5 Å². The van der Waals surface area contributed by atoms with Gasteiger partial charge < -0.3 is 0 Å². The number of hydrogen-bond donors (Lipinski definition) is 0. The number of aromatic nitrogens is 4. The minimum Gasteiger partial charge on any atom is -0.275 e. The zero-order chi connectivity index (χ0) is 15.4. The van der Waals surface area contributed by atoms with Crippen molar-refractivity contribution in [2.24, 2.45) is 14.1 Å². The van der Waals surface area contributed by atoms with E-state index in [2.05, 4.69) is 57.9 Å². The summed E-state index contributed by atoms with van der Waals surface area (Å²) in [4.78, 5) is 0. The van der Waals surface area contributed by atoms with E-state index in [4.69, 9.17) is 0 Å². The average molecular weight is 276 g/mol. The van der Waals surface area contributed by atoms with Crippen molar-refractivity contribution in [2.75, 3.05) is 0 Å². The molecule has 0 aliphatic carbocycles. The lowest BCUT2D eigenvalue weighted by atomic mass is 10.1. The summed E-state index contributed by atoms with van der Waals surface area (Å²) in [5, 5.41) is 8.48. The molecular weight excluding hydrogens is 248 g/mol. The Morgan fingerprint density at radius 1 is 1.00 bits per heavy atom. The molecule has 0 fully saturated rings. The Labute approximate surface area is 122 Å². The molecular formula is C16H28N4. The second kappa shape index (κ2) is 6.73. The van der Waals surface area contributed by atoms with Crippen molar-refractivity contribution in [3.63, 3.8) is 0 Å². The highest BCUT2D eigenvalue weighted by atomic mass is 15.3. The molecule has 2 heterocycles. The molecule has 0 bridgehead atoms. The summed E-state index contributed by atoms with van der Waals surface area (Å²) in [5.74, 6) is 1.13. The van der Waals surface area contributed by atoms with Gasteiger partial charge in [-0.1, -0.05) is 27.7 Å². The topological polar surface area (TPSA) is 35.6 Å². The molecule has 0 saturated carbocycles. The van der Waals surface area contributed by atoms with Gasteiger partial charge in [-0.05, 0) is 36.8 Å². The lowest BCUT2D eigenvalue weighted by molar-refractivity contribution is 0.712. The van der Waals surface area contributed by atoms with Gasteiger partial charge in [0.05, 0.1) is 11.9 Å². The third-order valence-corrected chi connectivity index (χ3v) is 3.49. The zero-order valence-electron chi connectivity index (χ0n) is 14.1. The van der Waals surface area contributed by atoms with Crippen LogP contribution in [0.25, 0.3) is 0 Å². The van der Waals surface area contributed by atoms with Gasteiger partial charge in [0.25, 0.3) is 0 Å². The van der Waals surface area contributed by atoms with Gasteiger partial charge in [-0.15, -0.1) is 0 Å². The summed E-state index contributed by atoms with van der Waals surface area (Å²) in [6.07, 6.45) is 4.00. The smallest absolute Gasteiger partial charge is 0.0678 e. The summed E-state index contributed by atoms with van der Waals surface area (Å²) in [6.45, 7) is 12.9. The number of rotatable bonds is 2. The van der Waals surface area contributed by atoms with Crippen molar-refractivity contribution >= 4 is 0 Å². The van der Waals surface area contributed by atoms with Gasteiger partial charge in [0.1, 0.15) is 0 Å². The van der Waals surface area contributed by atoms with Crippen molar-refractivity contribution in [3.05, 3.63) is 34.9 Å². The van der Waals surface area contributed by atoms with Crippen LogP contribution in [-0.2, 0) is 14.1 Å². The first kappa shape index (κ1) is 16.5. The molecule has 0 unspecified atom stereocenters. The molecule has 2 aromatic rings. The first-order chi connectivity index (χ1) is 9.23. The van der Waals surface area contributed by atoms with E-state index < -0.39 is 0 Å². The first-order valence-corrected chi connectivity index (χ1v) is 7.22. The SMILES string of the molecule is Cc1c(C(C)C)cnn1C.Cc1cn(C)nc1C(C)C. The molecule has 0 aliphatic heterocycles. The fraction of sp³-hybridized carbons (Fsp3) is 0.625. The van der Waals surface area contributed by atoms with E-state index in [1.54, 1.807) is 0 Å². The molecule has 0 amide bonds. The van der Waals surface area contributed by atoms with Crippen LogP contribution in [0.1, 0.15) is 62.0 Å². The number of hydrogen-bond acceptors (Lipinski definition) is 2. The van der Waals surface area contributed by atoms with Gasteiger partial charge in [-0.25, -0.2) is 0 Å². The van der Waals surface area contributed by atoms with Gasteiger partial charge in [0.2, 0.25) is 0 Å². The zero-order valence-corrected chi connectivity index (χ0v) is 14.1. The van der Waals surface area contributed by atoms with Crippen LogP contribution < -0.4 is 0 Å². The van der Waals surface area contributed by atoms with Crippen molar-refractivity contribution in [3.8, 4) is 0 Å². The molecule has 4 nitrogen and oxygen atoms in total. The summed E-state index contributed by atoms with van der Waals surface area (Å²) >= 11 is 0. The van der Waals surface area contributed by atoms with E-state index in [9.17, 15) is 0 Å². The molecule has 0 N–H and O–H groups in total. The average Bonchev–Trinajstić information content (AvgIpc) is 2.84. The van der Waals surface area contributed by atoms with Crippen molar-refractivity contribution in [1.82, 2.24) is 19.6 Å². The third kappa shape index (κ3) is 3.95. The predicted molar refractivity (Wildman–Crippen MR) is 84.1 cm³/mol. The van der Waals surface area contributed by atoms with Gasteiger partial charge in [-0.2, -0.15) is 10.2 Å². The molecule has 112 valence electrons. The van der Waals surface area contributed by atoms with Crippen LogP contribution in [0.3, 0.4) is 0 Å². The van der Waals surface area contributed by atoms with E-state index >= 15 is 0 Å². The summed E-state index contributed by atoms with van der Waals surface area (Å²) in [5.41, 5.74) is 5.12. The van der Waals surface area contributed by atoms with E-state index in [1.807, 2.05) is 29.7 Å². The van der Waals surface area contributed by atoms with Gasteiger partial charge in [0, 0.05) is 26.0 Å². The minimum absolute atomic E-state index is 0.543. The fourth-order valence-corrected chi connectivity index (χ4v) is 2.28. The van der Waals surface area contributed by atoms with Gasteiger partial charge in [-0.3, -0.25) is 9.36 Å². The Morgan fingerprint density at radius 2 is 1.60 bits per heavy atom. The van der Waals surface area contributed by atoms with Crippen LogP contribution in [0.2, 0.25) is 0 Å². The Morgan fingerprint density at radius 3 is 1.80 bits per heavy atom. The van der Waals surface area contributed by atoms with Crippen LogP contribution in [0.5, 0.6) is 0 Å². The predicted octanol–water partition coefficient (Wildman–Crippen LogP) is 3.70. The Kier molecular flexibility index (Phi) is 5.54. The van der Waals surface area contributed by atoms with Crippen molar-refractivity contribution in [2.45, 2.75) is 53.4 Å². The maximum absolute atomic E-state index is 4.33. The fourth-order valence-electron chi connectivity index (χ4n) is 2.28. The molecule has 2 aromatic heterocycles. The quantitative estimate of drug-likeness (QED) is 0.838. The molecule has 0 saturated heterocycles. The van der Waals surface area contributed by atoms with Crippen LogP contribution in [0, 0.1) is 13.8 Å². The van der Waals surface area contributed by atoms with E-state index in [0.29, 0.717) is 11.8 Å². The Balaban J connectivity index is 0.000000200. The second-order valence-corrected chi connectivity index (χ2v) is 5.99. The van der Waals surface area contributed by atoms with E-state index in [-0.39, 0.29) is 0 Å². The normalized spacial score (nSPS) is 10.9. The van der Waals surface area contributed by atoms with Crippen LogP contribution in [0.4, 0.5) is 0 Å². The Bertz CT molecular complexity index is 541. The molecule has 20 heavy (non-hydrogen) atoms. The lowest BCUT2D eigenvalue weighted by Gasteiger charge is -2.02. The minimum atomic E-state index is 0.543. The number of aryl methyl sites for hydroxylation is 3. The maximum Gasteiger partial charge on any atom is 0.0678 e. The molecule has 0 spiro atoms. The lowest BCUT2D eigenvalue weighted by Crippen LogP contribution is -1.94. The highest BCUT2D eigenvalue weighted by Crippen LogP contribution is 2.16. The summed E-state index contributed by atoms with van der Waals surface area (Å²) in [7, 11) is 3.93. The van der Waals surface area contributed by atoms with E-state index in [0.717, 1.165) is 0 Å². The second-order valence-electron chi connectivity index (χ2n) is 5.99. The Hall–Kier alpha value is -1.58.